The molecule has 0 atom stereocenters. The molecule has 12 nitrogen and oxygen atoms in total. The highest BCUT2D eigenvalue weighted by molar-refractivity contribution is 7.92. The number of benzene rings is 2. The van der Waals surface area contributed by atoms with Crippen LogP contribution >= 0.6 is 12.4 Å². The smallest absolute Gasteiger partial charge is 0.339 e. The van der Waals surface area contributed by atoms with E-state index in [4.69, 9.17) is 9.94 Å². The van der Waals surface area contributed by atoms with Crippen LogP contribution in [0.25, 0.3) is 16.7 Å². The summed E-state index contributed by atoms with van der Waals surface area (Å²) in [5, 5.41) is 21.6. The fourth-order valence-electron chi connectivity index (χ4n) is 4.21. The number of fused-ring (bicyclic) bond motifs is 1. The number of para-hydroxylation sites is 1. The van der Waals surface area contributed by atoms with E-state index in [1.807, 2.05) is 30.3 Å². The maximum Gasteiger partial charge on any atom is 0.339 e. The van der Waals surface area contributed by atoms with Gasteiger partial charge in [0, 0.05) is 18.6 Å². The number of aromatic carboxylic acids is 1. The van der Waals surface area contributed by atoms with Gasteiger partial charge < -0.3 is 15.1 Å². The van der Waals surface area contributed by atoms with E-state index in [9.17, 15) is 18.3 Å². The van der Waals surface area contributed by atoms with Gasteiger partial charge in [0.05, 0.1) is 41.0 Å². The minimum Gasteiger partial charge on any atom is -0.497 e. The molecular weight excluding hydrogens is 572 g/mol. The number of carboxylic acid groups (broad SMARTS) is 1. The van der Waals surface area contributed by atoms with Crippen LogP contribution in [-0.4, -0.2) is 51.6 Å². The van der Waals surface area contributed by atoms with E-state index in [2.05, 4.69) is 21.0 Å². The standard InChI is InChI=1S/C27H23N5O5S.ClH.H3NO/c1-18-24-25(23(27(33)34)16-29-26(24)32(30-18)20-8-4-3-5-9-20)31(17-19-7-6-14-28-15-19)38(35,36)22-12-10-21(37-2)11-13-22;;1-2/h3-16H,17H2,1-2H3,(H,33,34);1H;2H,1H2. The first kappa shape index (κ1) is 31.0. The lowest BCUT2D eigenvalue weighted by atomic mass is 10.1. The van der Waals surface area contributed by atoms with Gasteiger partial charge in [-0.15, -0.1) is 12.4 Å². The maximum absolute atomic E-state index is 14.2. The number of methoxy groups -OCH3 is 1. The molecule has 5 aromatic rings. The molecule has 0 unspecified atom stereocenters. The minimum atomic E-state index is -4.28. The number of hydrogen-bond donors (Lipinski definition) is 3. The molecule has 5 rings (SSSR count). The molecule has 41 heavy (non-hydrogen) atoms. The van der Waals surface area contributed by atoms with Gasteiger partial charge in [-0.25, -0.2) is 28.8 Å². The number of sulfonamides is 1. The highest BCUT2D eigenvalue weighted by atomic mass is 35.5. The number of anilines is 1. The molecule has 214 valence electrons. The van der Waals surface area contributed by atoms with Gasteiger partial charge >= 0.3 is 5.97 Å². The zero-order chi connectivity index (χ0) is 28.9. The summed E-state index contributed by atoms with van der Waals surface area (Å²) in [4.78, 5) is 20.9. The molecule has 0 saturated carbocycles. The van der Waals surface area contributed by atoms with Crippen LogP contribution in [0.15, 0.2) is 90.2 Å². The summed E-state index contributed by atoms with van der Waals surface area (Å²) in [5.74, 6) is 2.67. The molecule has 0 radical (unpaired) electrons. The third-order valence-electron chi connectivity index (χ3n) is 6.02. The third-order valence-corrected chi connectivity index (χ3v) is 7.78. The second-order valence-electron chi connectivity index (χ2n) is 8.41. The number of carboxylic acids is 1. The number of aryl methyl sites for hydroxylation is 1. The van der Waals surface area contributed by atoms with Gasteiger partial charge in [0.25, 0.3) is 10.0 Å². The van der Waals surface area contributed by atoms with Crippen molar-refractivity contribution in [2.24, 2.45) is 5.90 Å². The van der Waals surface area contributed by atoms with Gasteiger partial charge in [-0.1, -0.05) is 24.3 Å². The van der Waals surface area contributed by atoms with E-state index < -0.39 is 16.0 Å². The number of rotatable bonds is 8. The monoisotopic (exact) mass is 598 g/mol. The zero-order valence-corrected chi connectivity index (χ0v) is 23.6. The lowest BCUT2D eigenvalue weighted by Crippen LogP contribution is -2.32. The summed E-state index contributed by atoms with van der Waals surface area (Å²) in [6, 6.07) is 18.5. The Labute approximate surface area is 242 Å². The highest BCUT2D eigenvalue weighted by Crippen LogP contribution is 2.37. The van der Waals surface area contributed by atoms with Crippen LogP contribution in [-0.2, 0) is 16.6 Å². The highest BCUT2D eigenvalue weighted by Gasteiger charge is 2.33. The van der Waals surface area contributed by atoms with E-state index in [1.165, 1.54) is 43.8 Å². The van der Waals surface area contributed by atoms with E-state index in [1.54, 1.807) is 29.9 Å². The van der Waals surface area contributed by atoms with Crippen molar-refractivity contribution in [1.82, 2.24) is 19.7 Å². The molecule has 3 aromatic heterocycles. The molecule has 0 spiro atoms. The van der Waals surface area contributed by atoms with Crippen LogP contribution in [0, 0.1) is 6.92 Å². The first-order valence-electron chi connectivity index (χ1n) is 11.8. The summed E-state index contributed by atoms with van der Waals surface area (Å²) in [6.07, 6.45) is 4.28. The Morgan fingerprint density at radius 1 is 1.02 bits per heavy atom. The summed E-state index contributed by atoms with van der Waals surface area (Å²) in [7, 11) is -2.79. The SMILES string of the molecule is COc1ccc(S(=O)(=O)N(Cc2cccnc2)c2c(C(=O)O)cnc3c2c(C)nn3-c2ccccc2)cc1.Cl.NO. The summed E-state index contributed by atoms with van der Waals surface area (Å²) in [5.41, 5.74) is 1.73. The molecule has 2 aromatic carbocycles. The molecule has 0 saturated heterocycles. The topological polar surface area (TPSA) is 174 Å². The number of pyridine rings is 2. The number of hydrogen-bond acceptors (Lipinski definition) is 9. The lowest BCUT2D eigenvalue weighted by Gasteiger charge is -2.26. The Balaban J connectivity index is 0.00000151. The summed E-state index contributed by atoms with van der Waals surface area (Å²) < 4.78 is 36.2. The van der Waals surface area contributed by atoms with Crippen molar-refractivity contribution < 1.29 is 28.3 Å². The summed E-state index contributed by atoms with van der Waals surface area (Å²) in [6.45, 7) is 1.53. The first-order chi connectivity index (χ1) is 19.3. The van der Waals surface area contributed by atoms with Crippen molar-refractivity contribution in [3.8, 4) is 11.4 Å². The Hall–Kier alpha value is -4.56. The number of carbonyl (C=O) groups is 1. The maximum atomic E-state index is 14.2. The normalized spacial score (nSPS) is 10.7. The predicted octanol–water partition coefficient (Wildman–Crippen LogP) is 3.98. The van der Waals surface area contributed by atoms with Gasteiger partial charge in [0.2, 0.25) is 0 Å². The Bertz CT molecular complexity index is 1730. The van der Waals surface area contributed by atoms with Gasteiger partial charge in [-0.05, 0) is 55.0 Å². The fraction of sp³-hybridized carbons (Fsp3) is 0.111. The van der Waals surface area contributed by atoms with E-state index in [0.717, 1.165) is 4.31 Å². The predicted molar refractivity (Wildman–Crippen MR) is 154 cm³/mol. The minimum absolute atomic E-state index is 0. The molecule has 0 aliphatic carbocycles. The second kappa shape index (κ2) is 13.2. The first-order valence-corrected chi connectivity index (χ1v) is 13.2. The molecule has 0 aliphatic rings. The van der Waals surface area contributed by atoms with E-state index >= 15 is 0 Å². The molecule has 0 amide bonds. The Morgan fingerprint density at radius 2 is 1.71 bits per heavy atom. The van der Waals surface area contributed by atoms with Crippen LogP contribution in [0.1, 0.15) is 21.6 Å². The molecule has 0 aliphatic heterocycles. The Kier molecular flexibility index (Phi) is 9.97. The molecule has 14 heteroatoms. The summed E-state index contributed by atoms with van der Waals surface area (Å²) >= 11 is 0. The van der Waals surface area contributed by atoms with E-state index in [-0.39, 0.29) is 35.1 Å². The lowest BCUT2D eigenvalue weighted by molar-refractivity contribution is 0.0697. The molecule has 0 fully saturated rings. The molecule has 4 N–H and O–H groups in total. The molecule has 3 heterocycles. The molecule has 0 bridgehead atoms. The Morgan fingerprint density at radius 3 is 2.29 bits per heavy atom. The quantitative estimate of drug-likeness (QED) is 0.222. The van der Waals surface area contributed by atoms with Crippen LogP contribution in [0.3, 0.4) is 0 Å². The number of ether oxygens (including phenoxy) is 1. The molecular formula is C27H27ClN6O6S. The fourth-order valence-corrected chi connectivity index (χ4v) is 5.70. The van der Waals surface area contributed by atoms with Gasteiger partial charge in [0.15, 0.2) is 5.65 Å². The zero-order valence-electron chi connectivity index (χ0n) is 21.9. The van der Waals surface area contributed by atoms with Crippen LogP contribution < -0.4 is 14.9 Å². The van der Waals surface area contributed by atoms with Crippen LogP contribution in [0.5, 0.6) is 5.75 Å². The van der Waals surface area contributed by atoms with Crippen molar-refractivity contribution in [3.05, 3.63) is 102 Å². The van der Waals surface area contributed by atoms with Crippen molar-refractivity contribution in [3.63, 3.8) is 0 Å². The number of aromatic nitrogens is 4. The van der Waals surface area contributed by atoms with Gasteiger partial charge in [-0.2, -0.15) is 5.10 Å². The number of nitrogens with zero attached hydrogens (tertiary/aromatic N) is 5. The number of nitrogens with two attached hydrogens (primary N) is 1. The van der Waals surface area contributed by atoms with Crippen LogP contribution in [0.2, 0.25) is 0 Å². The van der Waals surface area contributed by atoms with Crippen molar-refractivity contribution in [1.29, 1.82) is 0 Å². The average molecular weight is 599 g/mol. The van der Waals surface area contributed by atoms with Gasteiger partial charge in [-0.3, -0.25) is 9.29 Å². The average Bonchev–Trinajstić information content (AvgIpc) is 3.34. The second-order valence-corrected chi connectivity index (χ2v) is 10.3. The largest absolute Gasteiger partial charge is 0.497 e. The van der Waals surface area contributed by atoms with Crippen molar-refractivity contribution >= 4 is 45.1 Å². The number of halogens is 1. The van der Waals surface area contributed by atoms with Crippen LogP contribution in [0.4, 0.5) is 5.69 Å². The van der Waals surface area contributed by atoms with Crippen molar-refractivity contribution in [2.75, 3.05) is 11.4 Å². The van der Waals surface area contributed by atoms with Crippen molar-refractivity contribution in [2.45, 2.75) is 18.4 Å². The van der Waals surface area contributed by atoms with Gasteiger partial charge in [0.1, 0.15) is 11.3 Å². The third kappa shape index (κ3) is 6.12. The van der Waals surface area contributed by atoms with E-state index in [0.29, 0.717) is 33.7 Å².